The monoisotopic (exact) mass is 889 g/mol. The maximum absolute atomic E-state index is 2.34. The molecule has 0 atom stereocenters. The largest absolute Gasteiger partial charge is 0.0614 e. The standard InChI is InChI=1S/4C17H18/c1-11-5-7-13-14-8-6-12(2)10-16(14)17(3,4)15(13)9-11;1-11-7-5-9-13-14-10-6-8-12(2)16(14)17(3,4)15(11)13;1-11-8-9-13-14-7-5-6-12(2)16(14)17(3,4)15(13)10-11;1-11-8-9-15-14(10-11)13-7-5-6-12(2)16(13)17(15,3)4/h4*5-10H,1-4H3. The van der Waals surface area contributed by atoms with Crippen LogP contribution < -0.4 is 0 Å². The molecule has 12 rings (SSSR count). The van der Waals surface area contributed by atoms with Gasteiger partial charge in [-0.25, -0.2) is 0 Å². The molecule has 68 heavy (non-hydrogen) atoms. The third-order valence-electron chi connectivity index (χ3n) is 16.1. The highest BCUT2D eigenvalue weighted by Gasteiger charge is 2.39. The minimum atomic E-state index is 0.140. The predicted molar refractivity (Wildman–Crippen MR) is 294 cm³/mol. The molecular formula is C68H72. The maximum atomic E-state index is 2.34. The van der Waals surface area contributed by atoms with Crippen LogP contribution in [0.5, 0.6) is 0 Å². The summed E-state index contributed by atoms with van der Waals surface area (Å²) in [6.45, 7) is 36.3. The molecule has 0 heteroatoms. The Balaban J connectivity index is 0.000000113. The van der Waals surface area contributed by atoms with Gasteiger partial charge in [0.15, 0.2) is 0 Å². The van der Waals surface area contributed by atoms with E-state index in [1.807, 2.05) is 0 Å². The van der Waals surface area contributed by atoms with Gasteiger partial charge in [-0.3, -0.25) is 0 Å². The smallest absolute Gasteiger partial charge is 0.0164 e. The van der Waals surface area contributed by atoms with Gasteiger partial charge in [0.05, 0.1) is 0 Å². The SMILES string of the molecule is Cc1ccc2c(c1)-c1cccc(C)c1C2(C)C.Cc1ccc2c(c1)C(C)(C)c1c(C)cccc1-2.Cc1ccc2c(c1)C(C)(C)c1cc(C)ccc1-2.Cc1cccc2c1C(C)(C)c1c(C)cccc1-2. The average molecular weight is 889 g/mol. The van der Waals surface area contributed by atoms with Crippen molar-refractivity contribution in [2.45, 2.75) is 132 Å². The molecular weight excluding hydrogens is 817 g/mol. The fourth-order valence-electron chi connectivity index (χ4n) is 13.1. The molecule has 0 saturated heterocycles. The third kappa shape index (κ3) is 7.51. The van der Waals surface area contributed by atoms with Gasteiger partial charge in [-0.2, -0.15) is 0 Å². The Kier molecular flexibility index (Phi) is 11.6. The molecule has 0 saturated carbocycles. The Hall–Kier alpha value is -6.24. The van der Waals surface area contributed by atoms with Crippen molar-refractivity contribution in [1.82, 2.24) is 0 Å². The predicted octanol–water partition coefficient (Wildman–Crippen LogP) is 18.4. The minimum absolute atomic E-state index is 0.140. The quantitative estimate of drug-likeness (QED) is 0.142. The molecule has 0 fully saturated rings. The third-order valence-corrected chi connectivity index (χ3v) is 16.1. The first-order valence-corrected chi connectivity index (χ1v) is 24.9. The van der Waals surface area contributed by atoms with Crippen LogP contribution in [0.25, 0.3) is 44.5 Å². The van der Waals surface area contributed by atoms with Crippen LogP contribution in [0.2, 0.25) is 0 Å². The topological polar surface area (TPSA) is 0 Å². The first kappa shape index (κ1) is 46.9. The summed E-state index contributed by atoms with van der Waals surface area (Å²) in [6, 6.07) is 53.9. The second-order valence-corrected chi connectivity index (χ2v) is 22.7. The van der Waals surface area contributed by atoms with Gasteiger partial charge in [-0.05, 0) is 167 Å². The Labute approximate surface area is 409 Å². The lowest BCUT2D eigenvalue weighted by Gasteiger charge is -2.24. The van der Waals surface area contributed by atoms with Gasteiger partial charge < -0.3 is 0 Å². The van der Waals surface area contributed by atoms with E-state index >= 15 is 0 Å². The molecule has 4 aliphatic rings. The lowest BCUT2D eigenvalue weighted by atomic mass is 9.79. The molecule has 0 aromatic heterocycles. The van der Waals surface area contributed by atoms with E-state index in [-0.39, 0.29) is 21.7 Å². The Morgan fingerprint density at radius 3 is 0.897 bits per heavy atom. The van der Waals surface area contributed by atoms with Crippen molar-refractivity contribution >= 4 is 0 Å². The van der Waals surface area contributed by atoms with Crippen molar-refractivity contribution in [2.75, 3.05) is 0 Å². The van der Waals surface area contributed by atoms with Gasteiger partial charge in [0.25, 0.3) is 0 Å². The van der Waals surface area contributed by atoms with Crippen molar-refractivity contribution in [1.29, 1.82) is 0 Å². The van der Waals surface area contributed by atoms with Gasteiger partial charge in [0, 0.05) is 21.7 Å². The molecule has 0 spiro atoms. The summed E-state index contributed by atoms with van der Waals surface area (Å²) in [5, 5.41) is 0. The first-order valence-electron chi connectivity index (χ1n) is 24.9. The average Bonchev–Trinajstić information content (AvgIpc) is 3.85. The van der Waals surface area contributed by atoms with Crippen molar-refractivity contribution in [3.05, 3.63) is 235 Å². The van der Waals surface area contributed by atoms with E-state index in [1.165, 1.54) is 134 Å². The van der Waals surface area contributed by atoms with Crippen molar-refractivity contribution < 1.29 is 0 Å². The van der Waals surface area contributed by atoms with Gasteiger partial charge in [-0.1, -0.05) is 223 Å². The highest BCUT2D eigenvalue weighted by atomic mass is 14.4. The molecule has 8 aromatic carbocycles. The Morgan fingerprint density at radius 2 is 0.500 bits per heavy atom. The van der Waals surface area contributed by atoms with Crippen molar-refractivity contribution in [2.24, 2.45) is 0 Å². The van der Waals surface area contributed by atoms with Gasteiger partial charge >= 0.3 is 0 Å². The Morgan fingerprint density at radius 1 is 0.221 bits per heavy atom. The Bertz CT molecular complexity index is 3180. The van der Waals surface area contributed by atoms with Crippen LogP contribution in [0.4, 0.5) is 0 Å². The lowest BCUT2D eigenvalue weighted by molar-refractivity contribution is 0.651. The molecule has 8 aromatic rings. The minimum Gasteiger partial charge on any atom is -0.0614 e. The number of hydrogen-bond donors (Lipinski definition) is 0. The molecule has 0 nitrogen and oxygen atoms in total. The number of fused-ring (bicyclic) bond motifs is 12. The number of benzene rings is 8. The van der Waals surface area contributed by atoms with Crippen molar-refractivity contribution in [3.8, 4) is 44.5 Å². The molecule has 344 valence electrons. The summed E-state index contributed by atoms with van der Waals surface area (Å²) < 4.78 is 0. The van der Waals surface area contributed by atoms with Crippen LogP contribution in [0, 0.1) is 55.4 Å². The normalized spacial score (nSPS) is 15.5. The molecule has 0 heterocycles. The number of rotatable bonds is 0. The zero-order valence-corrected chi connectivity index (χ0v) is 43.9. The van der Waals surface area contributed by atoms with Crippen LogP contribution in [0.1, 0.15) is 144 Å². The summed E-state index contributed by atoms with van der Waals surface area (Å²) in [4.78, 5) is 0. The highest BCUT2D eigenvalue weighted by molar-refractivity contribution is 5.85. The highest BCUT2D eigenvalue weighted by Crippen LogP contribution is 2.53. The van der Waals surface area contributed by atoms with Gasteiger partial charge in [0.2, 0.25) is 0 Å². The van der Waals surface area contributed by atoms with E-state index in [4.69, 9.17) is 0 Å². The van der Waals surface area contributed by atoms with Gasteiger partial charge in [-0.15, -0.1) is 0 Å². The first-order chi connectivity index (χ1) is 32.1. The van der Waals surface area contributed by atoms with Crippen LogP contribution in [0.3, 0.4) is 0 Å². The van der Waals surface area contributed by atoms with E-state index in [0.29, 0.717) is 0 Å². The van der Waals surface area contributed by atoms with Crippen LogP contribution in [-0.2, 0) is 21.7 Å². The van der Waals surface area contributed by atoms with Gasteiger partial charge in [0.1, 0.15) is 0 Å². The van der Waals surface area contributed by atoms with E-state index in [2.05, 4.69) is 256 Å². The molecule has 0 N–H and O–H groups in total. The van der Waals surface area contributed by atoms with Crippen LogP contribution >= 0.6 is 0 Å². The number of hydrogen-bond acceptors (Lipinski definition) is 0. The molecule has 4 aliphatic carbocycles. The summed E-state index contributed by atoms with van der Waals surface area (Å²) >= 11 is 0. The summed E-state index contributed by atoms with van der Waals surface area (Å²) in [5.74, 6) is 0. The second kappa shape index (κ2) is 16.8. The molecule has 0 aliphatic heterocycles. The number of aryl methyl sites for hydroxylation is 8. The van der Waals surface area contributed by atoms with E-state index in [9.17, 15) is 0 Å². The van der Waals surface area contributed by atoms with Crippen LogP contribution in [-0.4, -0.2) is 0 Å². The van der Waals surface area contributed by atoms with Crippen molar-refractivity contribution in [3.63, 3.8) is 0 Å². The summed E-state index contributed by atoms with van der Waals surface area (Å²) in [6.07, 6.45) is 0. The molecule has 0 unspecified atom stereocenters. The van der Waals surface area contributed by atoms with Crippen LogP contribution in [0.15, 0.2) is 146 Å². The van der Waals surface area contributed by atoms with E-state index in [0.717, 1.165) is 0 Å². The fraction of sp³-hybridized carbons (Fsp3) is 0.294. The maximum Gasteiger partial charge on any atom is 0.0164 e. The lowest BCUT2D eigenvalue weighted by Crippen LogP contribution is -2.17. The second-order valence-electron chi connectivity index (χ2n) is 22.7. The summed E-state index contributed by atoms with van der Waals surface area (Å²) in [5.41, 5.74) is 34.8. The summed E-state index contributed by atoms with van der Waals surface area (Å²) in [7, 11) is 0. The zero-order valence-electron chi connectivity index (χ0n) is 43.9. The fourth-order valence-corrected chi connectivity index (χ4v) is 13.1. The molecule has 0 amide bonds. The van der Waals surface area contributed by atoms with E-state index < -0.39 is 0 Å². The van der Waals surface area contributed by atoms with E-state index in [1.54, 1.807) is 0 Å². The zero-order chi connectivity index (χ0) is 48.8. The molecule has 0 radical (unpaired) electrons. The molecule has 0 bridgehead atoms.